The molecule has 1 unspecified atom stereocenters. The Morgan fingerprint density at radius 3 is 2.78 bits per heavy atom. The molecule has 0 saturated carbocycles. The summed E-state index contributed by atoms with van der Waals surface area (Å²) in [4.78, 5) is 0. The molecule has 1 aliphatic rings. The van der Waals surface area contributed by atoms with Gasteiger partial charge >= 0.3 is 0 Å². The third kappa shape index (κ3) is 4.38. The zero-order chi connectivity index (χ0) is 12.8. The second-order valence-corrected chi connectivity index (χ2v) is 6.13. The van der Waals surface area contributed by atoms with Crippen LogP contribution in [0, 0.1) is 0 Å². The van der Waals surface area contributed by atoms with Crippen LogP contribution in [0.15, 0.2) is 30.3 Å². The fourth-order valence-corrected chi connectivity index (χ4v) is 3.01. The average molecular weight is 270 g/mol. The molecule has 18 heavy (non-hydrogen) atoms. The van der Waals surface area contributed by atoms with Crippen molar-refractivity contribution in [3.05, 3.63) is 35.9 Å². The van der Waals surface area contributed by atoms with Crippen LogP contribution in [-0.2, 0) is 20.5 Å². The topological polar surface area (TPSA) is 67.4 Å². The first kappa shape index (κ1) is 13.5. The van der Waals surface area contributed by atoms with Crippen LogP contribution in [0.1, 0.15) is 5.56 Å². The highest BCUT2D eigenvalue weighted by atomic mass is 32.2. The minimum Gasteiger partial charge on any atom is -0.378 e. The van der Waals surface area contributed by atoms with Gasteiger partial charge in [0.05, 0.1) is 19.0 Å². The Labute approximate surface area is 108 Å². The molecule has 0 amide bonds. The van der Waals surface area contributed by atoms with Gasteiger partial charge in [-0.05, 0) is 5.56 Å². The van der Waals surface area contributed by atoms with E-state index in [-0.39, 0.29) is 11.8 Å². The van der Waals surface area contributed by atoms with Crippen LogP contribution in [-0.4, -0.2) is 40.8 Å². The fourth-order valence-electron chi connectivity index (χ4n) is 1.82. The molecule has 0 aliphatic carbocycles. The van der Waals surface area contributed by atoms with Gasteiger partial charge in [0.2, 0.25) is 10.0 Å². The van der Waals surface area contributed by atoms with E-state index in [1.807, 2.05) is 18.2 Å². The molecule has 2 rings (SSSR count). The number of morpholine rings is 1. The van der Waals surface area contributed by atoms with Crippen LogP contribution in [0.2, 0.25) is 0 Å². The number of benzene rings is 1. The van der Waals surface area contributed by atoms with Crippen LogP contribution in [0.25, 0.3) is 0 Å². The summed E-state index contributed by atoms with van der Waals surface area (Å²) in [5.74, 6) is 0.0153. The van der Waals surface area contributed by atoms with Gasteiger partial charge in [-0.3, -0.25) is 0 Å². The van der Waals surface area contributed by atoms with Crippen molar-refractivity contribution >= 4 is 10.0 Å². The fraction of sp³-hybridized carbons (Fsp3) is 0.500. The molecule has 1 aromatic rings. The number of hydrogen-bond acceptors (Lipinski definition) is 4. The van der Waals surface area contributed by atoms with Crippen LogP contribution in [0.3, 0.4) is 0 Å². The first-order chi connectivity index (χ1) is 8.66. The van der Waals surface area contributed by atoms with Gasteiger partial charge in [-0.25, -0.2) is 13.1 Å². The molecule has 6 heteroatoms. The predicted molar refractivity (Wildman–Crippen MR) is 69.7 cm³/mol. The van der Waals surface area contributed by atoms with Crippen molar-refractivity contribution in [2.45, 2.75) is 11.8 Å². The lowest BCUT2D eigenvalue weighted by Crippen LogP contribution is -2.48. The molecule has 0 aromatic heterocycles. The van der Waals surface area contributed by atoms with Crippen molar-refractivity contribution in [3.63, 3.8) is 0 Å². The maximum atomic E-state index is 11.9. The molecule has 0 spiro atoms. The third-order valence-electron chi connectivity index (χ3n) is 2.75. The number of sulfonamides is 1. The van der Waals surface area contributed by atoms with Crippen molar-refractivity contribution in [1.82, 2.24) is 10.0 Å². The summed E-state index contributed by atoms with van der Waals surface area (Å²) in [5.41, 5.74) is 0.790. The van der Waals surface area contributed by atoms with E-state index in [1.54, 1.807) is 12.1 Å². The van der Waals surface area contributed by atoms with Gasteiger partial charge in [-0.1, -0.05) is 30.3 Å². The second-order valence-electron chi connectivity index (χ2n) is 4.32. The molecule has 0 radical (unpaired) electrons. The standard InChI is InChI=1S/C12H18N2O3S/c15-18(16,10-11-4-2-1-3-5-11)14-8-12-9-17-7-6-13-12/h1-5,12-14H,6-10H2. The maximum Gasteiger partial charge on any atom is 0.215 e. The highest BCUT2D eigenvalue weighted by molar-refractivity contribution is 7.88. The van der Waals surface area contributed by atoms with Gasteiger partial charge < -0.3 is 10.1 Å². The summed E-state index contributed by atoms with van der Waals surface area (Å²) >= 11 is 0. The molecule has 1 saturated heterocycles. The summed E-state index contributed by atoms with van der Waals surface area (Å²) in [6.07, 6.45) is 0. The minimum atomic E-state index is -3.28. The van der Waals surface area contributed by atoms with Crippen LogP contribution in [0.5, 0.6) is 0 Å². The van der Waals surface area contributed by atoms with Gasteiger partial charge in [0.25, 0.3) is 0 Å². The molecule has 0 bridgehead atoms. The molecule has 1 atom stereocenters. The monoisotopic (exact) mass is 270 g/mol. The Hall–Kier alpha value is -0.950. The van der Waals surface area contributed by atoms with Gasteiger partial charge in [0.1, 0.15) is 0 Å². The lowest BCUT2D eigenvalue weighted by molar-refractivity contribution is 0.0784. The lowest BCUT2D eigenvalue weighted by Gasteiger charge is -2.23. The molecule has 100 valence electrons. The Balaban J connectivity index is 1.83. The first-order valence-corrected chi connectivity index (χ1v) is 7.63. The highest BCUT2D eigenvalue weighted by Gasteiger charge is 2.17. The lowest BCUT2D eigenvalue weighted by atomic mass is 10.2. The van der Waals surface area contributed by atoms with Crippen molar-refractivity contribution in [1.29, 1.82) is 0 Å². The average Bonchev–Trinajstić information content (AvgIpc) is 2.38. The Morgan fingerprint density at radius 1 is 1.33 bits per heavy atom. The third-order valence-corrected chi connectivity index (χ3v) is 4.07. The molecular weight excluding hydrogens is 252 g/mol. The molecule has 5 nitrogen and oxygen atoms in total. The molecule has 2 N–H and O–H groups in total. The van der Waals surface area contributed by atoms with E-state index in [9.17, 15) is 8.42 Å². The number of rotatable bonds is 5. The van der Waals surface area contributed by atoms with E-state index < -0.39 is 10.0 Å². The number of hydrogen-bond donors (Lipinski definition) is 2. The zero-order valence-corrected chi connectivity index (χ0v) is 10.9. The van der Waals surface area contributed by atoms with E-state index in [1.165, 1.54) is 0 Å². The Kier molecular flexibility index (Phi) is 4.71. The molecule has 1 fully saturated rings. The van der Waals surface area contributed by atoms with Gasteiger partial charge in [-0.15, -0.1) is 0 Å². The molecule has 1 aromatic carbocycles. The first-order valence-electron chi connectivity index (χ1n) is 5.98. The van der Waals surface area contributed by atoms with Gasteiger partial charge in [0, 0.05) is 19.1 Å². The summed E-state index contributed by atoms with van der Waals surface area (Å²) in [7, 11) is -3.28. The van der Waals surface area contributed by atoms with Crippen LogP contribution < -0.4 is 10.0 Å². The van der Waals surface area contributed by atoms with E-state index in [0.717, 1.165) is 12.1 Å². The summed E-state index contributed by atoms with van der Waals surface area (Å²) in [6.45, 7) is 2.38. The summed E-state index contributed by atoms with van der Waals surface area (Å²) in [5, 5.41) is 3.20. The van der Waals surface area contributed by atoms with Crippen LogP contribution in [0.4, 0.5) is 0 Å². The van der Waals surface area contributed by atoms with E-state index in [2.05, 4.69) is 10.0 Å². The van der Waals surface area contributed by atoms with Crippen LogP contribution >= 0.6 is 0 Å². The van der Waals surface area contributed by atoms with E-state index >= 15 is 0 Å². The maximum absolute atomic E-state index is 11.9. The largest absolute Gasteiger partial charge is 0.378 e. The van der Waals surface area contributed by atoms with Crippen molar-refractivity contribution < 1.29 is 13.2 Å². The number of ether oxygens (including phenoxy) is 1. The summed E-state index contributed by atoms with van der Waals surface area (Å²) < 4.78 is 31.6. The summed E-state index contributed by atoms with van der Waals surface area (Å²) in [6, 6.07) is 9.21. The molecule has 1 heterocycles. The van der Waals surface area contributed by atoms with Gasteiger partial charge in [0.15, 0.2) is 0 Å². The smallest absolute Gasteiger partial charge is 0.215 e. The quantitative estimate of drug-likeness (QED) is 0.796. The van der Waals surface area contributed by atoms with Gasteiger partial charge in [-0.2, -0.15) is 0 Å². The van der Waals surface area contributed by atoms with E-state index in [0.29, 0.717) is 19.8 Å². The van der Waals surface area contributed by atoms with Crippen molar-refractivity contribution in [3.8, 4) is 0 Å². The second kappa shape index (κ2) is 6.29. The number of nitrogens with one attached hydrogen (secondary N) is 2. The zero-order valence-electron chi connectivity index (χ0n) is 10.1. The van der Waals surface area contributed by atoms with Crippen molar-refractivity contribution in [2.24, 2.45) is 0 Å². The minimum absolute atomic E-state index is 0.0153. The molecule has 1 aliphatic heterocycles. The Bertz CT molecular complexity index is 455. The SMILES string of the molecule is O=S(=O)(Cc1ccccc1)NCC1COCCN1. The highest BCUT2D eigenvalue weighted by Crippen LogP contribution is 2.04. The normalized spacial score (nSPS) is 20.8. The molecular formula is C12H18N2O3S. The Morgan fingerprint density at radius 2 is 2.11 bits per heavy atom. The van der Waals surface area contributed by atoms with Crippen molar-refractivity contribution in [2.75, 3.05) is 26.3 Å². The van der Waals surface area contributed by atoms with E-state index in [4.69, 9.17) is 4.74 Å². The predicted octanol–water partition coefficient (Wildman–Crippen LogP) is 0.0944.